The fourth-order valence-electron chi connectivity index (χ4n) is 3.59. The lowest BCUT2D eigenvalue weighted by molar-refractivity contribution is 0.181. The summed E-state index contributed by atoms with van der Waals surface area (Å²) in [5.41, 5.74) is 1.75. The van der Waals surface area contributed by atoms with Gasteiger partial charge in [-0.05, 0) is 18.6 Å². The van der Waals surface area contributed by atoms with Crippen molar-refractivity contribution in [1.82, 2.24) is 9.55 Å². The van der Waals surface area contributed by atoms with Crippen LogP contribution in [0, 0.1) is 0 Å². The van der Waals surface area contributed by atoms with E-state index in [2.05, 4.69) is 15.2 Å². The van der Waals surface area contributed by atoms with E-state index in [4.69, 9.17) is 4.74 Å². The fraction of sp³-hybridized carbons (Fsp3) is 0.389. The van der Waals surface area contributed by atoms with Gasteiger partial charge in [0, 0.05) is 45.7 Å². The highest BCUT2D eigenvalue weighted by Gasteiger charge is 2.40. The number of nitrogens with zero attached hydrogens (tertiary/aromatic N) is 4. The van der Waals surface area contributed by atoms with Gasteiger partial charge in [0.25, 0.3) is 0 Å². The van der Waals surface area contributed by atoms with Crippen molar-refractivity contribution in [3.8, 4) is 0 Å². The Labute approximate surface area is 151 Å². The zero-order valence-electron chi connectivity index (χ0n) is 14.8. The molecule has 2 amide bonds. The van der Waals surface area contributed by atoms with Crippen LogP contribution in [-0.4, -0.2) is 41.8 Å². The van der Waals surface area contributed by atoms with Crippen LogP contribution in [0.3, 0.4) is 0 Å². The number of ether oxygens (including phenoxy) is 1. The van der Waals surface area contributed by atoms with Crippen LogP contribution < -0.4 is 20.5 Å². The number of aryl methyl sites for hydroxylation is 1. The second-order valence-electron chi connectivity index (χ2n) is 6.66. The van der Waals surface area contributed by atoms with Crippen molar-refractivity contribution in [3.63, 3.8) is 0 Å². The first kappa shape index (κ1) is 16.6. The van der Waals surface area contributed by atoms with Crippen LogP contribution in [-0.2, 0) is 18.4 Å². The first-order valence-corrected chi connectivity index (χ1v) is 8.57. The zero-order chi connectivity index (χ0) is 18.3. The number of aromatic nitrogens is 2. The van der Waals surface area contributed by atoms with E-state index >= 15 is 0 Å². The van der Waals surface area contributed by atoms with E-state index in [-0.39, 0.29) is 23.2 Å². The van der Waals surface area contributed by atoms with E-state index in [9.17, 15) is 9.59 Å². The molecule has 2 aromatic rings. The molecule has 2 aliphatic heterocycles. The van der Waals surface area contributed by atoms with Gasteiger partial charge in [0.2, 0.25) is 5.43 Å². The van der Waals surface area contributed by atoms with Crippen LogP contribution in [0.15, 0.2) is 35.4 Å². The van der Waals surface area contributed by atoms with Crippen LogP contribution in [0.4, 0.5) is 22.0 Å². The number of carbonyl (C=O) groups excluding carboxylic acids is 1. The molecule has 4 rings (SSSR count). The maximum atomic E-state index is 13.0. The molecule has 0 spiro atoms. The average Bonchev–Trinajstić information content (AvgIpc) is 3.03. The van der Waals surface area contributed by atoms with Crippen LogP contribution in [0.2, 0.25) is 0 Å². The van der Waals surface area contributed by atoms with E-state index in [0.717, 1.165) is 30.9 Å². The molecule has 0 saturated carbocycles. The van der Waals surface area contributed by atoms with Crippen molar-refractivity contribution in [2.75, 3.05) is 35.3 Å². The van der Waals surface area contributed by atoms with Gasteiger partial charge < -0.3 is 19.5 Å². The molecular weight excluding hydrogens is 334 g/mol. The molecule has 1 N–H and O–H groups in total. The van der Waals surface area contributed by atoms with E-state index < -0.39 is 0 Å². The van der Waals surface area contributed by atoms with Crippen molar-refractivity contribution in [2.45, 2.75) is 19.1 Å². The van der Waals surface area contributed by atoms with Gasteiger partial charge in [-0.15, -0.1) is 0 Å². The Morgan fingerprint density at radius 2 is 2.23 bits per heavy atom. The number of nitrogens with one attached hydrogen (secondary N) is 1. The molecular formula is C18H21N5O3. The van der Waals surface area contributed by atoms with Gasteiger partial charge in [0.15, 0.2) is 5.82 Å². The van der Waals surface area contributed by atoms with Gasteiger partial charge in [0.05, 0.1) is 24.0 Å². The number of hydrogen-bond acceptors (Lipinski definition) is 5. The molecule has 8 nitrogen and oxygen atoms in total. The first-order chi connectivity index (χ1) is 12.6. The van der Waals surface area contributed by atoms with E-state index in [0.29, 0.717) is 12.4 Å². The molecule has 0 aliphatic carbocycles. The van der Waals surface area contributed by atoms with E-state index in [1.165, 1.54) is 6.07 Å². The molecule has 2 aromatic heterocycles. The van der Waals surface area contributed by atoms with Gasteiger partial charge in [-0.2, -0.15) is 0 Å². The maximum Gasteiger partial charge on any atom is 0.328 e. The third kappa shape index (κ3) is 2.82. The van der Waals surface area contributed by atoms with Crippen molar-refractivity contribution < 1.29 is 9.53 Å². The summed E-state index contributed by atoms with van der Waals surface area (Å²) in [5.74, 6) is 0.624. The number of anilines is 3. The highest BCUT2D eigenvalue weighted by atomic mass is 16.5. The Balaban J connectivity index is 1.70. The van der Waals surface area contributed by atoms with Crippen LogP contribution in [0.25, 0.3) is 0 Å². The summed E-state index contributed by atoms with van der Waals surface area (Å²) in [6, 6.07) is 5.05. The number of fused-ring (bicyclic) bond motifs is 4. The van der Waals surface area contributed by atoms with E-state index in [1.807, 2.05) is 12.1 Å². The molecule has 1 fully saturated rings. The Morgan fingerprint density at radius 1 is 1.38 bits per heavy atom. The van der Waals surface area contributed by atoms with Gasteiger partial charge in [0.1, 0.15) is 5.69 Å². The van der Waals surface area contributed by atoms with Gasteiger partial charge in [-0.25, -0.2) is 9.78 Å². The molecule has 1 atom stereocenters. The Hall–Kier alpha value is -2.87. The molecule has 1 saturated heterocycles. The lowest BCUT2D eigenvalue weighted by Gasteiger charge is -2.35. The third-order valence-electron chi connectivity index (χ3n) is 4.82. The smallest absolute Gasteiger partial charge is 0.328 e. The van der Waals surface area contributed by atoms with Crippen LogP contribution in [0.1, 0.15) is 12.1 Å². The summed E-state index contributed by atoms with van der Waals surface area (Å²) in [6.45, 7) is 2.05. The van der Waals surface area contributed by atoms with E-state index in [1.54, 1.807) is 36.0 Å². The first-order valence-electron chi connectivity index (χ1n) is 8.57. The molecule has 8 heteroatoms. The van der Waals surface area contributed by atoms with Gasteiger partial charge in [-0.3, -0.25) is 9.69 Å². The summed E-state index contributed by atoms with van der Waals surface area (Å²) in [4.78, 5) is 33.6. The number of methoxy groups -OCH3 is 1. The molecule has 136 valence electrons. The largest absolute Gasteiger partial charge is 0.378 e. The predicted octanol–water partition coefficient (Wildman–Crippen LogP) is 1.56. The quantitative estimate of drug-likeness (QED) is 0.904. The Morgan fingerprint density at radius 3 is 3.04 bits per heavy atom. The van der Waals surface area contributed by atoms with Crippen molar-refractivity contribution in [1.29, 1.82) is 0 Å². The Bertz CT molecular complexity index is 910. The number of carbonyl (C=O) groups is 1. The lowest BCUT2D eigenvalue weighted by atomic mass is 10.2. The number of urea groups is 1. The van der Waals surface area contributed by atoms with Gasteiger partial charge in [-0.1, -0.05) is 0 Å². The number of pyridine rings is 2. The third-order valence-corrected chi connectivity index (χ3v) is 4.82. The summed E-state index contributed by atoms with van der Waals surface area (Å²) < 4.78 is 6.90. The molecule has 2 bridgehead atoms. The number of rotatable bonds is 3. The Kier molecular flexibility index (Phi) is 4.12. The molecule has 26 heavy (non-hydrogen) atoms. The predicted molar refractivity (Wildman–Crippen MR) is 98.7 cm³/mol. The average molecular weight is 355 g/mol. The SMILES string of the molecule is COCc1ccc2c(n1)N(C(=O)Nc1cn(C)ccc1=O)[C@H]1CCN2C1. The van der Waals surface area contributed by atoms with Gasteiger partial charge >= 0.3 is 6.03 Å². The highest BCUT2D eigenvalue weighted by Crippen LogP contribution is 2.39. The highest BCUT2D eigenvalue weighted by molar-refractivity contribution is 6.04. The molecule has 4 heterocycles. The van der Waals surface area contributed by atoms with Crippen LogP contribution >= 0.6 is 0 Å². The summed E-state index contributed by atoms with van der Waals surface area (Å²) in [7, 11) is 3.42. The molecule has 0 unspecified atom stereocenters. The topological polar surface area (TPSA) is 79.7 Å². The standard InChI is InChI=1S/C18H21N5O3/c1-21-7-6-16(24)14(10-21)20-18(25)23-13-5-8-22(9-13)15-4-3-12(11-26-2)19-17(15)23/h3-4,6-7,10,13H,5,8-9,11H2,1-2H3,(H,20,25)/t13-/m0/s1. The molecule has 0 radical (unpaired) electrons. The number of hydrogen-bond donors (Lipinski definition) is 1. The summed E-state index contributed by atoms with van der Waals surface area (Å²) >= 11 is 0. The minimum Gasteiger partial charge on any atom is -0.378 e. The summed E-state index contributed by atoms with van der Waals surface area (Å²) in [6.07, 6.45) is 4.14. The summed E-state index contributed by atoms with van der Waals surface area (Å²) in [5, 5.41) is 2.76. The van der Waals surface area contributed by atoms with Crippen LogP contribution in [0.5, 0.6) is 0 Å². The minimum atomic E-state index is -0.330. The molecule has 2 aliphatic rings. The lowest BCUT2D eigenvalue weighted by Crippen LogP contribution is -2.48. The fourth-order valence-corrected chi connectivity index (χ4v) is 3.59. The van der Waals surface area contributed by atoms with Crippen molar-refractivity contribution in [3.05, 3.63) is 46.5 Å². The second-order valence-corrected chi connectivity index (χ2v) is 6.66. The van der Waals surface area contributed by atoms with Crippen molar-refractivity contribution in [2.24, 2.45) is 7.05 Å². The molecule has 0 aromatic carbocycles. The normalized spacial score (nSPS) is 18.0. The minimum absolute atomic E-state index is 0.0420. The zero-order valence-corrected chi connectivity index (χ0v) is 14.8. The second kappa shape index (κ2) is 6.45. The van der Waals surface area contributed by atoms with Crippen molar-refractivity contribution >= 4 is 23.2 Å². The number of amides is 2. The monoisotopic (exact) mass is 355 g/mol. The maximum absolute atomic E-state index is 13.0.